The van der Waals surface area contributed by atoms with Crippen LogP contribution in [0.4, 0.5) is 5.82 Å². The van der Waals surface area contributed by atoms with Gasteiger partial charge in [-0.05, 0) is 45.6 Å². The number of aromatic nitrogens is 2. The summed E-state index contributed by atoms with van der Waals surface area (Å²) in [5.74, 6) is 0.713. The van der Waals surface area contributed by atoms with Crippen molar-refractivity contribution in [3.63, 3.8) is 0 Å². The fraction of sp³-hybridized carbons (Fsp3) is 0.556. The number of nitrogens with zero attached hydrogens (tertiary/aromatic N) is 3. The smallest absolute Gasteiger partial charge is 0.148 e. The molecule has 0 fully saturated rings. The van der Waals surface area contributed by atoms with Crippen LogP contribution in [0.1, 0.15) is 46.2 Å². The molecule has 0 aliphatic carbocycles. The summed E-state index contributed by atoms with van der Waals surface area (Å²) in [5, 5.41) is 6.15. The Bertz CT molecular complexity index is 604. The Labute approximate surface area is 150 Å². The van der Waals surface area contributed by atoms with E-state index in [-0.39, 0.29) is 5.54 Å². The summed E-state index contributed by atoms with van der Waals surface area (Å²) in [6.07, 6.45) is 10.9. The standard InChI is InChI=1S/C18H28ClN5/c1-5-15-16(19)17(22-13-21-15)20-11-9-14-8-6-7-10-23-24(12-14)18(2,3)4/h6,8,12-13,23H,5,7,9-11H2,1-4H3,(H,20,21,22)/b8-6+,14-12+. The zero-order valence-electron chi connectivity index (χ0n) is 15.1. The second-order valence-corrected chi connectivity index (χ2v) is 7.24. The van der Waals surface area contributed by atoms with E-state index in [0.717, 1.165) is 38.0 Å². The maximum atomic E-state index is 6.33. The van der Waals surface area contributed by atoms with E-state index in [9.17, 15) is 0 Å². The van der Waals surface area contributed by atoms with Crippen LogP contribution in [0.5, 0.6) is 0 Å². The highest BCUT2D eigenvalue weighted by Gasteiger charge is 2.18. The highest BCUT2D eigenvalue weighted by atomic mass is 35.5. The molecule has 24 heavy (non-hydrogen) atoms. The van der Waals surface area contributed by atoms with Gasteiger partial charge in [-0.2, -0.15) is 0 Å². The van der Waals surface area contributed by atoms with Crippen LogP contribution in [-0.4, -0.2) is 33.6 Å². The molecule has 0 unspecified atom stereocenters. The van der Waals surface area contributed by atoms with Gasteiger partial charge < -0.3 is 10.3 Å². The van der Waals surface area contributed by atoms with Crippen molar-refractivity contribution >= 4 is 17.4 Å². The van der Waals surface area contributed by atoms with E-state index in [2.05, 4.69) is 64.8 Å². The number of hydrogen-bond acceptors (Lipinski definition) is 5. The molecule has 6 heteroatoms. The van der Waals surface area contributed by atoms with Crippen LogP contribution in [0.25, 0.3) is 0 Å². The van der Waals surface area contributed by atoms with Gasteiger partial charge in [-0.25, -0.2) is 15.4 Å². The van der Waals surface area contributed by atoms with E-state index in [1.54, 1.807) is 6.33 Å². The fourth-order valence-electron chi connectivity index (χ4n) is 2.44. The lowest BCUT2D eigenvalue weighted by molar-refractivity contribution is 0.136. The molecule has 0 saturated heterocycles. The Morgan fingerprint density at radius 2 is 2.12 bits per heavy atom. The van der Waals surface area contributed by atoms with Crippen LogP contribution >= 0.6 is 11.6 Å². The average Bonchev–Trinajstić information content (AvgIpc) is 2.49. The van der Waals surface area contributed by atoms with Gasteiger partial charge in [0, 0.05) is 24.8 Å². The highest BCUT2D eigenvalue weighted by molar-refractivity contribution is 6.33. The Hall–Kier alpha value is -1.59. The van der Waals surface area contributed by atoms with Gasteiger partial charge in [0.1, 0.15) is 17.2 Å². The Morgan fingerprint density at radius 1 is 1.33 bits per heavy atom. The van der Waals surface area contributed by atoms with Gasteiger partial charge in [0.15, 0.2) is 0 Å². The zero-order chi connectivity index (χ0) is 17.6. The van der Waals surface area contributed by atoms with Gasteiger partial charge in [-0.3, -0.25) is 0 Å². The van der Waals surface area contributed by atoms with Crippen molar-refractivity contribution in [3.05, 3.63) is 41.0 Å². The maximum Gasteiger partial charge on any atom is 0.148 e. The molecule has 0 saturated carbocycles. The van der Waals surface area contributed by atoms with Crippen LogP contribution in [0.15, 0.2) is 30.3 Å². The molecule has 0 spiro atoms. The second kappa shape index (κ2) is 8.49. The second-order valence-electron chi connectivity index (χ2n) is 6.86. The molecule has 2 rings (SSSR count). The SMILES string of the molecule is CCc1ncnc(NCCC2=C/N(C(C)(C)C)NCC\C=C\2)c1Cl. The minimum Gasteiger partial charge on any atom is -0.368 e. The van der Waals surface area contributed by atoms with Crippen molar-refractivity contribution in [2.24, 2.45) is 0 Å². The summed E-state index contributed by atoms with van der Waals surface area (Å²) in [4.78, 5) is 8.44. The van der Waals surface area contributed by atoms with Gasteiger partial charge >= 0.3 is 0 Å². The van der Waals surface area contributed by atoms with E-state index in [0.29, 0.717) is 10.8 Å². The number of anilines is 1. The number of hydrazine groups is 1. The first-order chi connectivity index (χ1) is 11.4. The molecule has 132 valence electrons. The first-order valence-corrected chi connectivity index (χ1v) is 8.93. The topological polar surface area (TPSA) is 53.1 Å². The Kier molecular flexibility index (Phi) is 6.63. The van der Waals surface area contributed by atoms with Crippen molar-refractivity contribution in [3.8, 4) is 0 Å². The van der Waals surface area contributed by atoms with E-state index in [1.807, 2.05) is 6.92 Å². The van der Waals surface area contributed by atoms with Crippen LogP contribution in [-0.2, 0) is 6.42 Å². The summed E-state index contributed by atoms with van der Waals surface area (Å²) in [7, 11) is 0. The third-order valence-corrected chi connectivity index (χ3v) is 4.24. The molecule has 1 aromatic heterocycles. The molecular formula is C18H28ClN5. The van der Waals surface area contributed by atoms with Crippen LogP contribution in [0, 0.1) is 0 Å². The molecule has 0 radical (unpaired) electrons. The molecule has 0 bridgehead atoms. The predicted octanol–water partition coefficient (Wildman–Crippen LogP) is 3.94. The predicted molar refractivity (Wildman–Crippen MR) is 101 cm³/mol. The number of hydrogen-bond donors (Lipinski definition) is 2. The molecular weight excluding hydrogens is 322 g/mol. The fourth-order valence-corrected chi connectivity index (χ4v) is 2.74. The Morgan fingerprint density at radius 3 is 2.83 bits per heavy atom. The number of allylic oxidation sites excluding steroid dienone is 1. The molecule has 2 heterocycles. The van der Waals surface area contributed by atoms with E-state index >= 15 is 0 Å². The number of aryl methyl sites for hydroxylation is 1. The minimum absolute atomic E-state index is 0.0375. The summed E-state index contributed by atoms with van der Waals surface area (Å²) in [5.41, 5.74) is 5.65. The molecule has 0 amide bonds. The third-order valence-electron chi connectivity index (χ3n) is 3.85. The summed E-state index contributed by atoms with van der Waals surface area (Å²) in [6.45, 7) is 10.4. The van der Waals surface area contributed by atoms with E-state index in [4.69, 9.17) is 11.6 Å². The van der Waals surface area contributed by atoms with Gasteiger partial charge in [0.25, 0.3) is 0 Å². The van der Waals surface area contributed by atoms with Gasteiger partial charge in [-0.15, -0.1) is 0 Å². The summed E-state index contributed by atoms with van der Waals surface area (Å²) >= 11 is 6.33. The molecule has 5 nitrogen and oxygen atoms in total. The van der Waals surface area contributed by atoms with Crippen LogP contribution < -0.4 is 10.7 Å². The van der Waals surface area contributed by atoms with E-state index < -0.39 is 0 Å². The van der Waals surface area contributed by atoms with Gasteiger partial charge in [0.05, 0.1) is 5.69 Å². The minimum atomic E-state index is 0.0375. The van der Waals surface area contributed by atoms with Crippen molar-refractivity contribution in [2.45, 2.75) is 52.5 Å². The first-order valence-electron chi connectivity index (χ1n) is 8.55. The Balaban J connectivity index is 2.01. The van der Waals surface area contributed by atoms with Crippen molar-refractivity contribution in [1.29, 1.82) is 0 Å². The first kappa shape index (κ1) is 18.7. The van der Waals surface area contributed by atoms with Crippen molar-refractivity contribution in [1.82, 2.24) is 20.4 Å². The number of rotatable bonds is 5. The summed E-state index contributed by atoms with van der Waals surface area (Å²) < 4.78 is 0. The molecule has 1 aliphatic heterocycles. The number of halogens is 1. The van der Waals surface area contributed by atoms with Gasteiger partial charge in [-0.1, -0.05) is 30.7 Å². The number of nitrogens with one attached hydrogen (secondary N) is 2. The molecule has 2 N–H and O–H groups in total. The molecule has 0 aromatic carbocycles. The largest absolute Gasteiger partial charge is 0.368 e. The van der Waals surface area contributed by atoms with Crippen LogP contribution in [0.2, 0.25) is 5.02 Å². The maximum absolute atomic E-state index is 6.33. The van der Waals surface area contributed by atoms with Crippen molar-refractivity contribution < 1.29 is 0 Å². The quantitative estimate of drug-likeness (QED) is 0.843. The summed E-state index contributed by atoms with van der Waals surface area (Å²) in [6, 6.07) is 0. The highest BCUT2D eigenvalue weighted by Crippen LogP contribution is 2.22. The normalized spacial score (nSPS) is 19.2. The lowest BCUT2D eigenvalue weighted by Crippen LogP contribution is -2.47. The molecule has 1 aromatic rings. The molecule has 1 aliphatic rings. The van der Waals surface area contributed by atoms with E-state index in [1.165, 1.54) is 5.57 Å². The third kappa shape index (κ3) is 5.21. The van der Waals surface area contributed by atoms with Gasteiger partial charge in [0.2, 0.25) is 0 Å². The lowest BCUT2D eigenvalue weighted by atomic mass is 10.1. The molecule has 0 atom stereocenters. The zero-order valence-corrected chi connectivity index (χ0v) is 15.8. The van der Waals surface area contributed by atoms with Crippen molar-refractivity contribution in [2.75, 3.05) is 18.4 Å². The average molecular weight is 350 g/mol. The lowest BCUT2D eigenvalue weighted by Gasteiger charge is -2.36. The van der Waals surface area contributed by atoms with Crippen LogP contribution in [0.3, 0.4) is 0 Å². The monoisotopic (exact) mass is 349 g/mol.